The number of para-hydroxylation sites is 2. The molecule has 1 aliphatic carbocycles. The van der Waals surface area contributed by atoms with Crippen LogP contribution in [0.4, 0.5) is 5.69 Å². The van der Waals surface area contributed by atoms with Gasteiger partial charge in [-0.05, 0) is 75.6 Å². The molecule has 1 atom stereocenters. The van der Waals surface area contributed by atoms with Crippen molar-refractivity contribution in [3.05, 3.63) is 88.9 Å². The van der Waals surface area contributed by atoms with Crippen molar-refractivity contribution in [1.82, 2.24) is 10.2 Å². The largest absolute Gasteiger partial charge is 0.492 e. The zero-order chi connectivity index (χ0) is 31.0. The first-order valence-corrected chi connectivity index (χ1v) is 16.6. The van der Waals surface area contributed by atoms with Gasteiger partial charge in [0.05, 0.1) is 17.2 Å². The molecular formula is C33H40ClN3O5S. The van der Waals surface area contributed by atoms with Gasteiger partial charge in [-0.1, -0.05) is 72.8 Å². The Bertz CT molecular complexity index is 1510. The third-order valence-corrected chi connectivity index (χ3v) is 9.69. The molecule has 3 aromatic rings. The number of hydrogen-bond acceptors (Lipinski definition) is 5. The van der Waals surface area contributed by atoms with Crippen molar-refractivity contribution in [2.75, 3.05) is 17.5 Å². The minimum Gasteiger partial charge on any atom is -0.492 e. The third-order valence-electron chi connectivity index (χ3n) is 7.67. The number of carbonyl (C=O) groups excluding carboxylic acids is 2. The standard InChI is InChI=1S/C33H40ClN3O5S/c1-4-42-31-16-9-8-15-30(31)37(43(40,41)29-19-17-27(34)18-20-29)23-32(38)36(22-26-12-10-11-24(2)21-26)25(3)33(39)35-28-13-6-5-7-14-28/h8-12,15-21,25,28H,4-7,13-14,22-23H2,1-3H3,(H,35,39). The summed E-state index contributed by atoms with van der Waals surface area (Å²) in [5.41, 5.74) is 2.08. The van der Waals surface area contributed by atoms with Crippen molar-refractivity contribution in [1.29, 1.82) is 0 Å². The van der Waals surface area contributed by atoms with E-state index < -0.39 is 28.5 Å². The van der Waals surface area contributed by atoms with Crippen molar-refractivity contribution in [3.63, 3.8) is 0 Å². The molecule has 230 valence electrons. The first kappa shape index (κ1) is 32.4. The minimum absolute atomic E-state index is 0.0238. The van der Waals surface area contributed by atoms with Crippen LogP contribution in [-0.4, -0.2) is 50.4 Å². The molecule has 1 aliphatic rings. The molecule has 4 rings (SSSR count). The van der Waals surface area contributed by atoms with E-state index in [1.807, 2.05) is 31.2 Å². The number of amides is 2. The second-order valence-electron chi connectivity index (χ2n) is 10.9. The average Bonchev–Trinajstić information content (AvgIpc) is 2.99. The quantitative estimate of drug-likeness (QED) is 0.262. The van der Waals surface area contributed by atoms with E-state index in [4.69, 9.17) is 16.3 Å². The number of benzene rings is 3. The van der Waals surface area contributed by atoms with E-state index >= 15 is 0 Å². The van der Waals surface area contributed by atoms with Crippen molar-refractivity contribution < 1.29 is 22.7 Å². The van der Waals surface area contributed by atoms with E-state index in [-0.39, 0.29) is 29.1 Å². The van der Waals surface area contributed by atoms with Gasteiger partial charge in [-0.25, -0.2) is 8.42 Å². The monoisotopic (exact) mass is 625 g/mol. The van der Waals surface area contributed by atoms with E-state index in [1.165, 1.54) is 29.2 Å². The molecular weight excluding hydrogens is 586 g/mol. The highest BCUT2D eigenvalue weighted by Crippen LogP contribution is 2.33. The minimum atomic E-state index is -4.24. The normalized spacial score (nSPS) is 14.5. The first-order valence-electron chi connectivity index (χ1n) is 14.8. The Morgan fingerprint density at radius 3 is 2.37 bits per heavy atom. The van der Waals surface area contributed by atoms with Gasteiger partial charge in [-0.3, -0.25) is 13.9 Å². The molecule has 0 bridgehead atoms. The fourth-order valence-corrected chi connectivity index (χ4v) is 6.90. The van der Waals surface area contributed by atoms with E-state index in [0.717, 1.165) is 47.5 Å². The number of ether oxygens (including phenoxy) is 1. The van der Waals surface area contributed by atoms with Crippen molar-refractivity contribution in [3.8, 4) is 5.75 Å². The SMILES string of the molecule is CCOc1ccccc1N(CC(=O)N(Cc1cccc(C)c1)C(C)C(=O)NC1CCCCC1)S(=O)(=O)c1ccc(Cl)cc1. The van der Waals surface area contributed by atoms with Gasteiger partial charge in [0.2, 0.25) is 11.8 Å². The molecule has 10 heteroatoms. The molecule has 0 saturated heterocycles. The fourth-order valence-electron chi connectivity index (χ4n) is 5.35. The summed E-state index contributed by atoms with van der Waals surface area (Å²) < 4.78 is 35.0. The lowest BCUT2D eigenvalue weighted by molar-refractivity contribution is -0.139. The van der Waals surface area contributed by atoms with Crippen LogP contribution in [0.25, 0.3) is 0 Å². The number of carbonyl (C=O) groups is 2. The molecule has 0 heterocycles. The van der Waals surface area contributed by atoms with E-state index in [9.17, 15) is 18.0 Å². The lowest BCUT2D eigenvalue weighted by Gasteiger charge is -2.33. The maximum atomic E-state index is 14.2. The summed E-state index contributed by atoms with van der Waals surface area (Å²) in [7, 11) is -4.24. The van der Waals surface area contributed by atoms with Crippen molar-refractivity contribution in [2.45, 2.75) is 76.4 Å². The van der Waals surface area contributed by atoms with Gasteiger partial charge in [0, 0.05) is 17.6 Å². The van der Waals surface area contributed by atoms with E-state index in [0.29, 0.717) is 17.4 Å². The number of aryl methyl sites for hydroxylation is 1. The Morgan fingerprint density at radius 2 is 1.70 bits per heavy atom. The van der Waals surface area contributed by atoms with Gasteiger partial charge in [0.1, 0.15) is 18.3 Å². The van der Waals surface area contributed by atoms with Crippen LogP contribution < -0.4 is 14.4 Å². The number of nitrogens with zero attached hydrogens (tertiary/aromatic N) is 2. The highest BCUT2D eigenvalue weighted by molar-refractivity contribution is 7.92. The number of rotatable bonds is 12. The number of nitrogens with one attached hydrogen (secondary N) is 1. The topological polar surface area (TPSA) is 96.0 Å². The van der Waals surface area contributed by atoms with Gasteiger partial charge in [-0.15, -0.1) is 0 Å². The third kappa shape index (κ3) is 8.30. The highest BCUT2D eigenvalue weighted by atomic mass is 35.5. The Hall–Kier alpha value is -3.56. The Balaban J connectivity index is 1.72. The van der Waals surface area contributed by atoms with Gasteiger partial charge < -0.3 is 15.0 Å². The molecule has 2 amide bonds. The lowest BCUT2D eigenvalue weighted by atomic mass is 9.95. The Labute approximate surface area is 260 Å². The van der Waals surface area contributed by atoms with E-state index in [1.54, 1.807) is 38.1 Å². The Kier molecular flexibility index (Phi) is 11.1. The zero-order valence-corrected chi connectivity index (χ0v) is 26.5. The van der Waals surface area contributed by atoms with Gasteiger partial charge in [0.15, 0.2) is 0 Å². The molecule has 1 saturated carbocycles. The van der Waals surface area contributed by atoms with Gasteiger partial charge >= 0.3 is 0 Å². The van der Waals surface area contributed by atoms with Crippen LogP contribution >= 0.6 is 11.6 Å². The summed E-state index contributed by atoms with van der Waals surface area (Å²) in [6.45, 7) is 5.36. The van der Waals surface area contributed by atoms with Gasteiger partial charge in [-0.2, -0.15) is 0 Å². The summed E-state index contributed by atoms with van der Waals surface area (Å²) in [6.07, 6.45) is 5.09. The van der Waals surface area contributed by atoms with Crippen LogP contribution in [0, 0.1) is 6.92 Å². The summed E-state index contributed by atoms with van der Waals surface area (Å²) >= 11 is 6.05. The van der Waals surface area contributed by atoms with Crippen LogP contribution in [-0.2, 0) is 26.2 Å². The number of sulfonamides is 1. The zero-order valence-electron chi connectivity index (χ0n) is 25.0. The second-order valence-corrected chi connectivity index (χ2v) is 13.2. The summed E-state index contributed by atoms with van der Waals surface area (Å²) in [6, 6.07) is 19.4. The van der Waals surface area contributed by atoms with Crippen LogP contribution in [0.5, 0.6) is 5.75 Å². The molecule has 1 fully saturated rings. The maximum Gasteiger partial charge on any atom is 0.264 e. The van der Waals surface area contributed by atoms with Crippen LogP contribution in [0.15, 0.2) is 77.7 Å². The number of halogens is 1. The molecule has 43 heavy (non-hydrogen) atoms. The molecule has 0 radical (unpaired) electrons. The van der Waals surface area contributed by atoms with Crippen LogP contribution in [0.3, 0.4) is 0 Å². The van der Waals surface area contributed by atoms with Gasteiger partial charge in [0.25, 0.3) is 10.0 Å². The summed E-state index contributed by atoms with van der Waals surface area (Å²) in [5.74, 6) is -0.449. The van der Waals surface area contributed by atoms with Crippen molar-refractivity contribution in [2.24, 2.45) is 0 Å². The number of anilines is 1. The van der Waals surface area contributed by atoms with Crippen LogP contribution in [0.2, 0.25) is 5.02 Å². The van der Waals surface area contributed by atoms with Crippen LogP contribution in [0.1, 0.15) is 57.1 Å². The average molecular weight is 626 g/mol. The maximum absolute atomic E-state index is 14.2. The predicted molar refractivity (Wildman–Crippen MR) is 170 cm³/mol. The summed E-state index contributed by atoms with van der Waals surface area (Å²) in [4.78, 5) is 29.2. The molecule has 0 spiro atoms. The molecule has 1 unspecified atom stereocenters. The molecule has 3 aromatic carbocycles. The molecule has 8 nitrogen and oxygen atoms in total. The van der Waals surface area contributed by atoms with Crippen molar-refractivity contribution >= 4 is 39.1 Å². The molecule has 0 aliphatic heterocycles. The number of hydrogen-bond donors (Lipinski definition) is 1. The Morgan fingerprint density at radius 1 is 1.00 bits per heavy atom. The molecule has 1 N–H and O–H groups in total. The summed E-state index contributed by atoms with van der Waals surface area (Å²) in [5, 5.41) is 3.51. The van der Waals surface area contributed by atoms with E-state index in [2.05, 4.69) is 5.32 Å². The first-order chi connectivity index (χ1) is 20.6. The second kappa shape index (κ2) is 14.8. The fraction of sp³-hybridized carbons (Fsp3) is 0.394. The highest BCUT2D eigenvalue weighted by Gasteiger charge is 2.34. The predicted octanol–water partition coefficient (Wildman–Crippen LogP) is 6.11. The smallest absolute Gasteiger partial charge is 0.264 e. The lowest BCUT2D eigenvalue weighted by Crippen LogP contribution is -2.53. The molecule has 0 aromatic heterocycles.